The number of nitrogen functional groups attached to an aromatic ring is 1. The topological polar surface area (TPSA) is 98.9 Å². The second kappa shape index (κ2) is 6.30. The molecule has 116 valence electrons. The molecule has 0 radical (unpaired) electrons. The average molecular weight is 379 g/mol. The van der Waals surface area contributed by atoms with Crippen molar-refractivity contribution < 1.29 is 22.7 Å². The molecular weight excluding hydrogens is 364 g/mol. The van der Waals surface area contributed by atoms with E-state index in [0.29, 0.717) is 10.2 Å². The summed E-state index contributed by atoms with van der Waals surface area (Å²) in [4.78, 5) is 11.8. The fourth-order valence-electron chi connectivity index (χ4n) is 2.02. The quantitative estimate of drug-likeness (QED) is 0.610. The number of anilines is 1. The molecule has 1 aliphatic rings. The molecule has 0 amide bonds. The molecule has 1 fully saturated rings. The molecule has 0 bridgehead atoms. The Morgan fingerprint density at radius 2 is 2.24 bits per heavy atom. The van der Waals surface area contributed by atoms with Crippen LogP contribution in [0.3, 0.4) is 0 Å². The maximum absolute atomic E-state index is 12.7. The van der Waals surface area contributed by atoms with Gasteiger partial charge in [-0.25, -0.2) is 8.42 Å². The van der Waals surface area contributed by atoms with E-state index in [-0.39, 0.29) is 24.7 Å². The summed E-state index contributed by atoms with van der Waals surface area (Å²) >= 11 is 3.21. The Hall–Kier alpha value is -1.16. The number of ether oxygens (including phenoxy) is 2. The number of sulfonamides is 1. The normalized spacial score (nSPS) is 20.2. The lowest BCUT2D eigenvalue weighted by molar-refractivity contribution is -0.149. The molecule has 1 aromatic rings. The Morgan fingerprint density at radius 1 is 1.52 bits per heavy atom. The van der Waals surface area contributed by atoms with Gasteiger partial charge in [-0.1, -0.05) is 0 Å². The summed E-state index contributed by atoms with van der Waals surface area (Å²) in [6, 6.07) is 3.34. The highest BCUT2D eigenvalue weighted by Crippen LogP contribution is 2.26. The number of carbonyl (C=O) groups excluding carboxylic acids is 1. The Bertz CT molecular complexity index is 649. The van der Waals surface area contributed by atoms with E-state index in [2.05, 4.69) is 20.7 Å². The zero-order valence-electron chi connectivity index (χ0n) is 11.3. The van der Waals surface area contributed by atoms with Crippen molar-refractivity contribution in [3.63, 3.8) is 0 Å². The summed E-state index contributed by atoms with van der Waals surface area (Å²) in [7, 11) is -2.65. The monoisotopic (exact) mass is 378 g/mol. The van der Waals surface area contributed by atoms with Gasteiger partial charge in [0.05, 0.1) is 25.2 Å². The fraction of sp³-hybridized carbons (Fsp3) is 0.417. The number of esters is 1. The van der Waals surface area contributed by atoms with Crippen molar-refractivity contribution in [1.29, 1.82) is 0 Å². The van der Waals surface area contributed by atoms with Gasteiger partial charge in [0.15, 0.2) is 0 Å². The molecule has 0 aliphatic carbocycles. The van der Waals surface area contributed by atoms with Gasteiger partial charge in [0.2, 0.25) is 10.0 Å². The molecule has 1 aliphatic heterocycles. The molecular formula is C12H15BrN2O5S. The van der Waals surface area contributed by atoms with Gasteiger partial charge in [0.25, 0.3) is 0 Å². The van der Waals surface area contributed by atoms with Crippen molar-refractivity contribution in [2.75, 3.05) is 32.6 Å². The van der Waals surface area contributed by atoms with Gasteiger partial charge in [0, 0.05) is 16.7 Å². The van der Waals surface area contributed by atoms with Crippen LogP contribution >= 0.6 is 15.9 Å². The Balaban J connectivity index is 2.40. The van der Waals surface area contributed by atoms with Crippen LogP contribution < -0.4 is 5.73 Å². The minimum atomic E-state index is -3.85. The third-order valence-electron chi connectivity index (χ3n) is 3.13. The maximum Gasteiger partial charge on any atom is 0.326 e. The van der Waals surface area contributed by atoms with E-state index >= 15 is 0 Å². The van der Waals surface area contributed by atoms with Gasteiger partial charge < -0.3 is 15.2 Å². The zero-order valence-corrected chi connectivity index (χ0v) is 13.7. The minimum absolute atomic E-state index is 0.0269. The molecule has 7 nitrogen and oxygen atoms in total. The number of morpholine rings is 1. The summed E-state index contributed by atoms with van der Waals surface area (Å²) in [5.74, 6) is -0.650. The van der Waals surface area contributed by atoms with Crippen molar-refractivity contribution in [3.8, 4) is 0 Å². The lowest BCUT2D eigenvalue weighted by Crippen LogP contribution is -2.52. The highest BCUT2D eigenvalue weighted by Gasteiger charge is 2.39. The second-order valence-corrected chi connectivity index (χ2v) is 7.16. The van der Waals surface area contributed by atoms with E-state index < -0.39 is 22.0 Å². The first-order valence-electron chi connectivity index (χ1n) is 6.10. The first-order valence-corrected chi connectivity index (χ1v) is 8.33. The van der Waals surface area contributed by atoms with Crippen LogP contribution in [0.15, 0.2) is 27.6 Å². The molecule has 1 heterocycles. The van der Waals surface area contributed by atoms with Crippen LogP contribution in [0.4, 0.5) is 5.69 Å². The van der Waals surface area contributed by atoms with E-state index in [0.717, 1.165) is 4.31 Å². The second-order valence-electron chi connectivity index (χ2n) is 4.41. The first-order chi connectivity index (χ1) is 9.87. The van der Waals surface area contributed by atoms with Crippen molar-refractivity contribution in [1.82, 2.24) is 4.31 Å². The van der Waals surface area contributed by atoms with Crippen molar-refractivity contribution >= 4 is 37.6 Å². The predicted octanol–water partition coefficient (Wildman–Crippen LogP) is 0.594. The predicted molar refractivity (Wildman–Crippen MR) is 79.1 cm³/mol. The van der Waals surface area contributed by atoms with Crippen LogP contribution in [-0.4, -0.2) is 51.6 Å². The standard InChI is InChI=1S/C12H15BrN2O5S/c1-19-12(16)11-7-20-5-4-15(11)21(17,18)8-2-3-9(13)10(14)6-8/h2-3,6,11H,4-5,7,14H2,1H3. The summed E-state index contributed by atoms with van der Waals surface area (Å²) < 4.78 is 36.8. The maximum atomic E-state index is 12.7. The van der Waals surface area contributed by atoms with Crippen LogP contribution in [0.5, 0.6) is 0 Å². The zero-order chi connectivity index (χ0) is 15.6. The van der Waals surface area contributed by atoms with Crippen LogP contribution in [0.1, 0.15) is 0 Å². The van der Waals surface area contributed by atoms with Gasteiger partial charge in [-0.05, 0) is 34.1 Å². The summed E-state index contributed by atoms with van der Waals surface area (Å²) in [5.41, 5.74) is 6.03. The number of hydrogen-bond acceptors (Lipinski definition) is 6. The number of methoxy groups -OCH3 is 1. The van der Waals surface area contributed by atoms with Crippen LogP contribution in [-0.2, 0) is 24.3 Å². The first kappa shape index (κ1) is 16.2. The van der Waals surface area contributed by atoms with Crippen LogP contribution in [0, 0.1) is 0 Å². The Kier molecular flexibility index (Phi) is 4.87. The fourth-order valence-corrected chi connectivity index (χ4v) is 3.85. The number of rotatable bonds is 3. The van der Waals surface area contributed by atoms with Crippen LogP contribution in [0.25, 0.3) is 0 Å². The Morgan fingerprint density at radius 3 is 2.86 bits per heavy atom. The van der Waals surface area contributed by atoms with Gasteiger partial charge in [-0.15, -0.1) is 0 Å². The number of halogens is 1. The van der Waals surface area contributed by atoms with Crippen molar-refractivity contribution in [3.05, 3.63) is 22.7 Å². The summed E-state index contributed by atoms with van der Waals surface area (Å²) in [5, 5.41) is 0. The number of nitrogens with zero attached hydrogens (tertiary/aromatic N) is 1. The van der Waals surface area contributed by atoms with Gasteiger partial charge >= 0.3 is 5.97 Å². The summed E-state index contributed by atoms with van der Waals surface area (Å²) in [6.45, 7) is 0.273. The van der Waals surface area contributed by atoms with Crippen LogP contribution in [0.2, 0.25) is 0 Å². The average Bonchev–Trinajstić information content (AvgIpc) is 2.49. The van der Waals surface area contributed by atoms with Gasteiger partial charge in [-0.2, -0.15) is 4.31 Å². The molecule has 2 N–H and O–H groups in total. The van der Waals surface area contributed by atoms with Gasteiger partial charge in [-0.3, -0.25) is 4.79 Å². The highest BCUT2D eigenvalue weighted by atomic mass is 79.9. The van der Waals surface area contributed by atoms with E-state index in [1.54, 1.807) is 6.07 Å². The summed E-state index contributed by atoms with van der Waals surface area (Å²) in [6.07, 6.45) is 0. The molecule has 0 saturated carbocycles. The molecule has 1 saturated heterocycles. The van der Waals surface area contributed by atoms with Crippen molar-refractivity contribution in [2.24, 2.45) is 0 Å². The van der Waals surface area contributed by atoms with E-state index in [4.69, 9.17) is 10.5 Å². The number of nitrogens with two attached hydrogens (primary N) is 1. The Labute approximate surface area is 131 Å². The van der Waals surface area contributed by atoms with Crippen molar-refractivity contribution in [2.45, 2.75) is 10.9 Å². The molecule has 1 unspecified atom stereocenters. The molecule has 1 atom stereocenters. The molecule has 0 aromatic heterocycles. The number of carbonyl (C=O) groups is 1. The van der Waals surface area contributed by atoms with E-state index in [1.165, 1.54) is 19.2 Å². The number of benzene rings is 1. The molecule has 0 spiro atoms. The molecule has 1 aromatic carbocycles. The third kappa shape index (κ3) is 3.20. The highest BCUT2D eigenvalue weighted by molar-refractivity contribution is 9.10. The van der Waals surface area contributed by atoms with E-state index in [9.17, 15) is 13.2 Å². The van der Waals surface area contributed by atoms with Gasteiger partial charge in [0.1, 0.15) is 6.04 Å². The minimum Gasteiger partial charge on any atom is -0.468 e. The SMILES string of the molecule is COC(=O)C1COCCN1S(=O)(=O)c1ccc(Br)c(N)c1. The molecule has 9 heteroatoms. The lowest BCUT2D eigenvalue weighted by atomic mass is 10.3. The van der Waals surface area contributed by atoms with E-state index in [1.807, 2.05) is 0 Å². The smallest absolute Gasteiger partial charge is 0.326 e. The lowest BCUT2D eigenvalue weighted by Gasteiger charge is -2.32. The molecule has 2 rings (SSSR count). The molecule has 21 heavy (non-hydrogen) atoms. The number of hydrogen-bond donors (Lipinski definition) is 1. The third-order valence-corrected chi connectivity index (χ3v) is 5.75. The largest absolute Gasteiger partial charge is 0.468 e.